The van der Waals surface area contributed by atoms with Gasteiger partial charge in [0.25, 0.3) is 5.91 Å². The van der Waals surface area contributed by atoms with Gasteiger partial charge in [-0.15, -0.1) is 0 Å². The zero-order valence-corrected chi connectivity index (χ0v) is 12.2. The molecule has 0 radical (unpaired) electrons. The van der Waals surface area contributed by atoms with Crippen LogP contribution in [0.1, 0.15) is 23.7 Å². The predicted molar refractivity (Wildman–Crippen MR) is 77.4 cm³/mol. The lowest BCUT2D eigenvalue weighted by atomic mass is 10.1. The fourth-order valence-corrected chi connectivity index (χ4v) is 1.71. The topological polar surface area (TPSA) is 82.8 Å². The van der Waals surface area contributed by atoms with Crippen LogP contribution in [-0.2, 0) is 4.74 Å². The van der Waals surface area contributed by atoms with Gasteiger partial charge in [0.2, 0.25) is 0 Å². The van der Waals surface area contributed by atoms with Gasteiger partial charge in [-0.2, -0.15) is 0 Å². The highest BCUT2D eigenvalue weighted by Crippen LogP contribution is 2.31. The van der Waals surface area contributed by atoms with Gasteiger partial charge < -0.3 is 25.3 Å². The number of anilines is 1. The molecule has 1 aromatic carbocycles. The number of hydrogen-bond donors (Lipinski definition) is 2. The fourth-order valence-electron chi connectivity index (χ4n) is 1.71. The first-order valence-electron chi connectivity index (χ1n) is 6.51. The minimum Gasteiger partial charge on any atom is -0.493 e. The van der Waals surface area contributed by atoms with Crippen LogP contribution in [0.3, 0.4) is 0 Å². The van der Waals surface area contributed by atoms with Crippen LogP contribution in [0.5, 0.6) is 11.5 Å². The highest BCUT2D eigenvalue weighted by atomic mass is 16.5. The van der Waals surface area contributed by atoms with Gasteiger partial charge in [0.15, 0.2) is 11.5 Å². The molecular formula is C14H22N2O4. The van der Waals surface area contributed by atoms with Crippen molar-refractivity contribution in [1.29, 1.82) is 0 Å². The van der Waals surface area contributed by atoms with Crippen LogP contribution in [-0.4, -0.2) is 39.9 Å². The second-order valence-corrected chi connectivity index (χ2v) is 4.10. The molecule has 1 amide bonds. The van der Waals surface area contributed by atoms with Crippen LogP contribution >= 0.6 is 0 Å². The summed E-state index contributed by atoms with van der Waals surface area (Å²) in [7, 11) is 3.03. The third kappa shape index (κ3) is 4.31. The maximum absolute atomic E-state index is 12.0. The molecule has 1 rings (SSSR count). The molecule has 20 heavy (non-hydrogen) atoms. The van der Waals surface area contributed by atoms with Crippen LogP contribution in [0.25, 0.3) is 0 Å². The second-order valence-electron chi connectivity index (χ2n) is 4.10. The Kier molecular flexibility index (Phi) is 6.66. The van der Waals surface area contributed by atoms with E-state index in [-0.39, 0.29) is 5.91 Å². The van der Waals surface area contributed by atoms with E-state index in [1.807, 2.05) is 6.92 Å². The summed E-state index contributed by atoms with van der Waals surface area (Å²) in [6.07, 6.45) is 0.757. The van der Waals surface area contributed by atoms with Crippen LogP contribution in [0.2, 0.25) is 0 Å². The lowest BCUT2D eigenvalue weighted by Gasteiger charge is -2.12. The molecule has 0 bridgehead atoms. The first-order valence-corrected chi connectivity index (χ1v) is 6.51. The summed E-state index contributed by atoms with van der Waals surface area (Å²) in [5.41, 5.74) is 6.58. The van der Waals surface area contributed by atoms with Crippen molar-refractivity contribution in [2.75, 3.05) is 39.7 Å². The summed E-state index contributed by atoms with van der Waals surface area (Å²) in [5, 5.41) is 2.79. The number of hydrogen-bond acceptors (Lipinski definition) is 5. The standard InChI is InChI=1S/C14H22N2O4/c1-4-20-7-5-6-16-14(17)10-8-12(18-2)13(19-3)9-11(10)15/h8-9H,4-7,15H2,1-3H3,(H,16,17). The maximum Gasteiger partial charge on any atom is 0.253 e. The van der Waals surface area contributed by atoms with Crippen LogP contribution in [0, 0.1) is 0 Å². The molecule has 0 fully saturated rings. The minimum absolute atomic E-state index is 0.236. The van der Waals surface area contributed by atoms with E-state index in [0.717, 1.165) is 6.42 Å². The van der Waals surface area contributed by atoms with E-state index in [4.69, 9.17) is 19.9 Å². The maximum atomic E-state index is 12.0. The normalized spacial score (nSPS) is 10.2. The SMILES string of the molecule is CCOCCCNC(=O)c1cc(OC)c(OC)cc1N. The molecule has 0 heterocycles. The minimum atomic E-state index is -0.236. The Hall–Kier alpha value is -1.95. The molecule has 112 valence electrons. The fraction of sp³-hybridized carbons (Fsp3) is 0.500. The van der Waals surface area contributed by atoms with Crippen molar-refractivity contribution >= 4 is 11.6 Å². The molecule has 6 heteroatoms. The Labute approximate surface area is 119 Å². The Morgan fingerprint density at radius 3 is 2.50 bits per heavy atom. The number of amides is 1. The molecule has 0 saturated heterocycles. The summed E-state index contributed by atoms with van der Waals surface area (Å²) < 4.78 is 15.5. The highest BCUT2D eigenvalue weighted by molar-refractivity contribution is 6.00. The lowest BCUT2D eigenvalue weighted by Crippen LogP contribution is -2.26. The van der Waals surface area contributed by atoms with E-state index < -0.39 is 0 Å². The number of carbonyl (C=O) groups excluding carboxylic acids is 1. The number of nitrogen functional groups attached to an aromatic ring is 1. The average Bonchev–Trinajstić information content (AvgIpc) is 2.46. The molecule has 0 aliphatic rings. The molecular weight excluding hydrogens is 260 g/mol. The molecule has 0 aliphatic carbocycles. The zero-order chi connectivity index (χ0) is 15.0. The summed E-state index contributed by atoms with van der Waals surface area (Å²) in [5.74, 6) is 0.735. The third-order valence-electron chi connectivity index (χ3n) is 2.76. The van der Waals surface area contributed by atoms with Crippen molar-refractivity contribution in [3.8, 4) is 11.5 Å². The number of rotatable bonds is 8. The molecule has 3 N–H and O–H groups in total. The van der Waals surface area contributed by atoms with Gasteiger partial charge in [-0.05, 0) is 19.4 Å². The number of methoxy groups -OCH3 is 2. The smallest absolute Gasteiger partial charge is 0.253 e. The lowest BCUT2D eigenvalue weighted by molar-refractivity contribution is 0.0944. The van der Waals surface area contributed by atoms with Gasteiger partial charge in [-0.3, -0.25) is 4.79 Å². The Balaban J connectivity index is 2.68. The molecule has 1 aromatic rings. The Bertz CT molecular complexity index is 449. The van der Waals surface area contributed by atoms with Crippen molar-refractivity contribution < 1.29 is 19.0 Å². The molecule has 0 saturated carbocycles. The van der Waals surface area contributed by atoms with E-state index in [2.05, 4.69) is 5.32 Å². The van der Waals surface area contributed by atoms with Gasteiger partial charge in [0, 0.05) is 31.5 Å². The second kappa shape index (κ2) is 8.27. The molecule has 0 atom stereocenters. The molecule has 6 nitrogen and oxygen atoms in total. The van der Waals surface area contributed by atoms with Crippen molar-refractivity contribution in [3.63, 3.8) is 0 Å². The number of nitrogens with two attached hydrogens (primary N) is 1. The first-order chi connectivity index (χ1) is 9.63. The average molecular weight is 282 g/mol. The van der Waals surface area contributed by atoms with E-state index in [9.17, 15) is 4.79 Å². The summed E-state index contributed by atoms with van der Waals surface area (Å²) >= 11 is 0. The molecule has 0 spiro atoms. The number of ether oxygens (including phenoxy) is 3. The molecule has 0 aliphatic heterocycles. The van der Waals surface area contributed by atoms with E-state index in [0.29, 0.717) is 42.5 Å². The first kappa shape index (κ1) is 16.1. The van der Waals surface area contributed by atoms with Crippen LogP contribution < -0.4 is 20.5 Å². The number of carbonyl (C=O) groups is 1. The van der Waals surface area contributed by atoms with E-state index in [1.54, 1.807) is 12.1 Å². The van der Waals surface area contributed by atoms with Crippen molar-refractivity contribution in [3.05, 3.63) is 17.7 Å². The van der Waals surface area contributed by atoms with Crippen LogP contribution in [0.4, 0.5) is 5.69 Å². The number of nitrogens with one attached hydrogen (secondary N) is 1. The van der Waals surface area contributed by atoms with Crippen LogP contribution in [0.15, 0.2) is 12.1 Å². The molecule has 0 aromatic heterocycles. The number of benzene rings is 1. The largest absolute Gasteiger partial charge is 0.493 e. The zero-order valence-electron chi connectivity index (χ0n) is 12.2. The van der Waals surface area contributed by atoms with Gasteiger partial charge in [0.05, 0.1) is 19.8 Å². The molecule has 0 unspecified atom stereocenters. The van der Waals surface area contributed by atoms with Crippen molar-refractivity contribution in [1.82, 2.24) is 5.32 Å². The quantitative estimate of drug-likeness (QED) is 0.557. The highest BCUT2D eigenvalue weighted by Gasteiger charge is 2.14. The van der Waals surface area contributed by atoms with Gasteiger partial charge in [-0.25, -0.2) is 0 Å². The summed E-state index contributed by atoms with van der Waals surface area (Å²) in [6, 6.07) is 3.15. The van der Waals surface area contributed by atoms with Gasteiger partial charge in [-0.1, -0.05) is 0 Å². The summed E-state index contributed by atoms with van der Waals surface area (Å²) in [6.45, 7) is 3.77. The van der Waals surface area contributed by atoms with E-state index in [1.165, 1.54) is 14.2 Å². The van der Waals surface area contributed by atoms with Gasteiger partial charge >= 0.3 is 0 Å². The summed E-state index contributed by atoms with van der Waals surface area (Å²) in [4.78, 5) is 12.0. The van der Waals surface area contributed by atoms with Crippen molar-refractivity contribution in [2.45, 2.75) is 13.3 Å². The van der Waals surface area contributed by atoms with Gasteiger partial charge in [0.1, 0.15) is 0 Å². The monoisotopic (exact) mass is 282 g/mol. The third-order valence-corrected chi connectivity index (χ3v) is 2.76. The van der Waals surface area contributed by atoms with E-state index >= 15 is 0 Å². The Morgan fingerprint density at radius 2 is 1.90 bits per heavy atom. The predicted octanol–water partition coefficient (Wildman–Crippen LogP) is 1.44. The Morgan fingerprint density at radius 1 is 1.25 bits per heavy atom. The van der Waals surface area contributed by atoms with Crippen molar-refractivity contribution in [2.24, 2.45) is 0 Å².